The summed E-state index contributed by atoms with van der Waals surface area (Å²) in [6.45, 7) is 5.13. The van der Waals surface area contributed by atoms with Crippen molar-refractivity contribution in [1.29, 1.82) is 0 Å². The predicted octanol–water partition coefficient (Wildman–Crippen LogP) is 7.15. The second-order valence-corrected chi connectivity index (χ2v) is 7.22. The molecule has 2 aromatic rings. The molecule has 0 aliphatic carbocycles. The SMILES string of the molecule is C=CCNCCO.Clc1cc(Cl)c(Oc2c(Cl)cc(Cl)cc2Cl)c(Cl)c1. The Morgan fingerprint density at radius 3 is 1.54 bits per heavy atom. The van der Waals surface area contributed by atoms with E-state index in [9.17, 15) is 0 Å². The van der Waals surface area contributed by atoms with Gasteiger partial charge in [-0.15, -0.1) is 6.58 Å². The van der Waals surface area contributed by atoms with Crippen molar-refractivity contribution in [2.75, 3.05) is 19.7 Å². The summed E-state index contributed by atoms with van der Waals surface area (Å²) in [6.07, 6.45) is 1.76. The molecule has 0 spiro atoms. The lowest BCUT2D eigenvalue weighted by Gasteiger charge is -2.12. The summed E-state index contributed by atoms with van der Waals surface area (Å²) in [6, 6.07) is 6.01. The first kappa shape index (κ1) is 23.7. The van der Waals surface area contributed by atoms with E-state index in [-0.39, 0.29) is 38.2 Å². The molecule has 2 rings (SSSR count). The molecule has 0 radical (unpaired) electrons. The van der Waals surface area contributed by atoms with Crippen LogP contribution in [-0.4, -0.2) is 24.8 Å². The highest BCUT2D eigenvalue weighted by Crippen LogP contribution is 2.44. The zero-order valence-corrected chi connectivity index (χ0v) is 17.9. The Kier molecular flexibility index (Phi) is 11.1. The molecule has 0 aromatic heterocycles. The summed E-state index contributed by atoms with van der Waals surface area (Å²) >= 11 is 35.7. The number of aliphatic hydroxyl groups excluding tert-OH is 1. The molecule has 2 aromatic carbocycles. The monoisotopic (exact) mass is 475 g/mol. The van der Waals surface area contributed by atoms with Crippen LogP contribution in [0.25, 0.3) is 0 Å². The van der Waals surface area contributed by atoms with Crippen LogP contribution in [0.15, 0.2) is 36.9 Å². The lowest BCUT2D eigenvalue weighted by molar-refractivity contribution is 0.294. The summed E-state index contributed by atoms with van der Waals surface area (Å²) in [5, 5.41) is 12.9. The molecule has 0 amide bonds. The molecule has 0 saturated carbocycles. The minimum Gasteiger partial charge on any atom is -0.451 e. The van der Waals surface area contributed by atoms with Crippen LogP contribution in [0.5, 0.6) is 11.5 Å². The van der Waals surface area contributed by atoms with E-state index in [4.69, 9.17) is 79.4 Å². The van der Waals surface area contributed by atoms with Crippen molar-refractivity contribution in [2.45, 2.75) is 0 Å². The number of benzene rings is 2. The summed E-state index contributed by atoms with van der Waals surface area (Å²) in [5.41, 5.74) is 0. The molecule has 142 valence electrons. The van der Waals surface area contributed by atoms with Crippen LogP contribution in [0, 0.1) is 0 Å². The van der Waals surface area contributed by atoms with E-state index in [2.05, 4.69) is 11.9 Å². The third-order valence-corrected chi connectivity index (χ3v) is 4.27. The molecule has 2 N–H and O–H groups in total. The summed E-state index contributed by atoms with van der Waals surface area (Å²) in [7, 11) is 0. The van der Waals surface area contributed by atoms with Crippen LogP contribution >= 0.6 is 69.6 Å². The average Bonchev–Trinajstić information content (AvgIpc) is 2.53. The third-order valence-electron chi connectivity index (χ3n) is 2.71. The maximum absolute atomic E-state index is 8.20. The molecule has 0 aliphatic heterocycles. The molecule has 0 unspecified atom stereocenters. The van der Waals surface area contributed by atoms with Crippen molar-refractivity contribution in [3.63, 3.8) is 0 Å². The minimum atomic E-state index is 0.202. The molecule has 9 heteroatoms. The van der Waals surface area contributed by atoms with E-state index < -0.39 is 0 Å². The molecular formula is C17H15Cl6NO2. The highest BCUT2D eigenvalue weighted by Gasteiger charge is 2.15. The second-order valence-electron chi connectivity index (χ2n) is 4.72. The lowest BCUT2D eigenvalue weighted by Crippen LogP contribution is -2.17. The van der Waals surface area contributed by atoms with Crippen molar-refractivity contribution < 1.29 is 9.84 Å². The first-order valence-electron chi connectivity index (χ1n) is 7.19. The largest absolute Gasteiger partial charge is 0.451 e. The van der Waals surface area contributed by atoms with Crippen LogP contribution in [0.3, 0.4) is 0 Å². The molecule has 0 fully saturated rings. The molecular weight excluding hydrogens is 463 g/mol. The maximum Gasteiger partial charge on any atom is 0.164 e. The van der Waals surface area contributed by atoms with E-state index in [1.165, 1.54) is 24.3 Å². The molecule has 3 nitrogen and oxygen atoms in total. The van der Waals surface area contributed by atoms with Gasteiger partial charge in [-0.3, -0.25) is 0 Å². The van der Waals surface area contributed by atoms with Crippen LogP contribution in [0.2, 0.25) is 30.1 Å². The van der Waals surface area contributed by atoms with Crippen LogP contribution < -0.4 is 10.1 Å². The topological polar surface area (TPSA) is 41.5 Å². The fraction of sp³-hybridized carbons (Fsp3) is 0.176. The molecule has 26 heavy (non-hydrogen) atoms. The fourth-order valence-corrected chi connectivity index (χ4v) is 3.43. The molecule has 0 atom stereocenters. The molecule has 0 aliphatic rings. The van der Waals surface area contributed by atoms with Gasteiger partial charge in [-0.05, 0) is 24.3 Å². The quantitative estimate of drug-likeness (QED) is 0.342. The van der Waals surface area contributed by atoms with Gasteiger partial charge < -0.3 is 15.2 Å². The van der Waals surface area contributed by atoms with Crippen LogP contribution in [0.1, 0.15) is 0 Å². The Bertz CT molecular complexity index is 653. The Labute approximate surface area is 182 Å². The summed E-state index contributed by atoms with van der Waals surface area (Å²) < 4.78 is 5.57. The van der Waals surface area contributed by atoms with Gasteiger partial charge in [0.25, 0.3) is 0 Å². The number of hydrogen-bond donors (Lipinski definition) is 2. The summed E-state index contributed by atoms with van der Waals surface area (Å²) in [4.78, 5) is 0. The van der Waals surface area contributed by atoms with Gasteiger partial charge in [0.15, 0.2) is 11.5 Å². The third kappa shape index (κ3) is 7.71. The number of nitrogens with one attached hydrogen (secondary N) is 1. The van der Waals surface area contributed by atoms with Gasteiger partial charge in [-0.1, -0.05) is 75.7 Å². The smallest absolute Gasteiger partial charge is 0.164 e. The standard InChI is InChI=1S/C12H4Cl6O.C5H11NO/c13-5-1-7(15)11(8(16)2-5)19-12-9(17)3-6(14)4-10(12)18;1-2-3-6-4-5-7/h1-4H;2,6-7H,1,3-5H2. The van der Waals surface area contributed by atoms with Crippen molar-refractivity contribution in [1.82, 2.24) is 5.32 Å². The summed E-state index contributed by atoms with van der Waals surface area (Å²) in [5.74, 6) is 0.442. The lowest BCUT2D eigenvalue weighted by atomic mass is 10.3. The Morgan fingerprint density at radius 2 is 1.23 bits per heavy atom. The first-order valence-corrected chi connectivity index (χ1v) is 9.46. The normalized spacial score (nSPS) is 10.1. The van der Waals surface area contributed by atoms with E-state index in [0.29, 0.717) is 16.6 Å². The van der Waals surface area contributed by atoms with Crippen molar-refractivity contribution >= 4 is 69.6 Å². The highest BCUT2D eigenvalue weighted by molar-refractivity contribution is 6.41. The Balaban J connectivity index is 0.000000412. The first-order chi connectivity index (χ1) is 12.3. The minimum absolute atomic E-state index is 0.202. The fourth-order valence-electron chi connectivity index (χ4n) is 1.64. The second kappa shape index (κ2) is 12.2. The highest BCUT2D eigenvalue weighted by atomic mass is 35.5. The van der Waals surface area contributed by atoms with E-state index in [0.717, 1.165) is 6.54 Å². The Hall–Kier alpha value is -0.360. The van der Waals surface area contributed by atoms with E-state index >= 15 is 0 Å². The molecule has 0 saturated heterocycles. The van der Waals surface area contributed by atoms with Gasteiger partial charge >= 0.3 is 0 Å². The van der Waals surface area contributed by atoms with Gasteiger partial charge in [0.2, 0.25) is 0 Å². The Morgan fingerprint density at radius 1 is 0.846 bits per heavy atom. The van der Waals surface area contributed by atoms with Gasteiger partial charge in [0.05, 0.1) is 26.7 Å². The van der Waals surface area contributed by atoms with Crippen LogP contribution in [-0.2, 0) is 0 Å². The van der Waals surface area contributed by atoms with Crippen molar-refractivity contribution in [3.8, 4) is 11.5 Å². The van der Waals surface area contributed by atoms with Gasteiger partial charge in [-0.25, -0.2) is 0 Å². The van der Waals surface area contributed by atoms with Crippen LogP contribution in [0.4, 0.5) is 0 Å². The number of aliphatic hydroxyl groups is 1. The maximum atomic E-state index is 8.20. The average molecular weight is 478 g/mol. The predicted molar refractivity (Wildman–Crippen MR) is 113 cm³/mol. The number of hydrogen-bond acceptors (Lipinski definition) is 3. The zero-order chi connectivity index (χ0) is 19.7. The number of ether oxygens (including phenoxy) is 1. The van der Waals surface area contributed by atoms with Gasteiger partial charge in [0, 0.05) is 23.1 Å². The number of halogens is 6. The zero-order valence-electron chi connectivity index (χ0n) is 13.3. The van der Waals surface area contributed by atoms with Gasteiger partial charge in [0.1, 0.15) is 0 Å². The molecule has 0 heterocycles. The number of rotatable bonds is 6. The van der Waals surface area contributed by atoms with E-state index in [1.807, 2.05) is 0 Å². The van der Waals surface area contributed by atoms with Crippen molar-refractivity contribution in [2.24, 2.45) is 0 Å². The molecule has 0 bridgehead atoms. The van der Waals surface area contributed by atoms with Gasteiger partial charge in [-0.2, -0.15) is 0 Å². The van der Waals surface area contributed by atoms with E-state index in [1.54, 1.807) is 6.08 Å². The van der Waals surface area contributed by atoms with Crippen molar-refractivity contribution in [3.05, 3.63) is 67.1 Å².